The average molecular weight is 283 g/mol. The number of hydrogen-bond acceptors (Lipinski definition) is 4. The maximum Gasteiger partial charge on any atom is 0.159 e. The Kier molecular flexibility index (Phi) is 5.54. The van der Waals surface area contributed by atoms with Crippen molar-refractivity contribution < 1.29 is 0 Å². The van der Waals surface area contributed by atoms with Crippen molar-refractivity contribution in [3.8, 4) is 11.4 Å². The van der Waals surface area contributed by atoms with Gasteiger partial charge in [-0.1, -0.05) is 19.8 Å². The minimum atomic E-state index is 0.738. The molecule has 20 heavy (non-hydrogen) atoms. The molecule has 102 valence electrons. The third-order valence-corrected chi connectivity index (χ3v) is 3.17. The van der Waals surface area contributed by atoms with Crippen LogP contribution in [0, 0.1) is 0 Å². The van der Waals surface area contributed by atoms with E-state index in [9.17, 15) is 0 Å². The Morgan fingerprint density at radius 2 is 1.80 bits per heavy atom. The molecule has 0 amide bonds. The number of aryl methyl sites for hydroxylation is 1. The molecule has 2 rings (SSSR count). The van der Waals surface area contributed by atoms with Crippen LogP contribution in [0.25, 0.3) is 11.4 Å². The van der Waals surface area contributed by atoms with Gasteiger partial charge in [0.15, 0.2) is 5.82 Å². The van der Waals surface area contributed by atoms with Crippen LogP contribution in [-0.4, -0.2) is 15.1 Å². The van der Waals surface area contributed by atoms with Gasteiger partial charge < -0.3 is 0 Å². The molecule has 0 bridgehead atoms. The van der Waals surface area contributed by atoms with Crippen molar-refractivity contribution in [3.05, 3.63) is 42.2 Å². The molecule has 0 saturated heterocycles. The van der Waals surface area contributed by atoms with Crippen molar-refractivity contribution in [3.63, 3.8) is 0 Å². The van der Waals surface area contributed by atoms with Gasteiger partial charge in [0.1, 0.15) is 0 Å². The van der Waals surface area contributed by atoms with E-state index in [1.54, 1.807) is 0 Å². The van der Waals surface area contributed by atoms with Crippen LogP contribution in [0.2, 0.25) is 0 Å². The van der Waals surface area contributed by atoms with Gasteiger partial charge in [-0.2, -0.15) is 4.99 Å². The van der Waals surface area contributed by atoms with E-state index in [1.807, 2.05) is 36.7 Å². The minimum Gasteiger partial charge on any atom is -0.236 e. The first-order valence-electron chi connectivity index (χ1n) is 6.82. The molecule has 1 aromatic carbocycles. The highest BCUT2D eigenvalue weighted by Gasteiger charge is 2.01. The van der Waals surface area contributed by atoms with Crippen LogP contribution in [0.1, 0.15) is 31.7 Å². The van der Waals surface area contributed by atoms with Crippen LogP contribution in [-0.2, 0) is 6.42 Å². The molecule has 1 aromatic heterocycles. The molecule has 0 N–H and O–H groups in total. The lowest BCUT2D eigenvalue weighted by molar-refractivity contribution is 0.714. The van der Waals surface area contributed by atoms with Gasteiger partial charge in [0, 0.05) is 18.0 Å². The zero-order valence-corrected chi connectivity index (χ0v) is 12.4. The second-order valence-electron chi connectivity index (χ2n) is 4.62. The summed E-state index contributed by atoms with van der Waals surface area (Å²) in [5.74, 6) is 0.738. The van der Waals surface area contributed by atoms with Crippen LogP contribution in [0.3, 0.4) is 0 Å². The van der Waals surface area contributed by atoms with Gasteiger partial charge >= 0.3 is 0 Å². The van der Waals surface area contributed by atoms with E-state index < -0.39 is 0 Å². The van der Waals surface area contributed by atoms with E-state index in [4.69, 9.17) is 0 Å². The molecule has 0 saturated carbocycles. The number of hydrogen-bond donors (Lipinski definition) is 0. The Hall–Kier alpha value is -1.90. The summed E-state index contributed by atoms with van der Waals surface area (Å²) in [6, 6.07) is 7.65. The number of thiocarbonyl (C=S) groups is 1. The van der Waals surface area contributed by atoms with Gasteiger partial charge in [-0.05, 0) is 54.9 Å². The molecule has 1 heterocycles. The summed E-state index contributed by atoms with van der Waals surface area (Å²) in [6.07, 6.45) is 8.57. The largest absolute Gasteiger partial charge is 0.236 e. The molecular formula is C16H17N3S. The zero-order chi connectivity index (χ0) is 14.2. The van der Waals surface area contributed by atoms with E-state index in [1.165, 1.54) is 24.8 Å². The SMILES string of the molecule is CCCCCc1cnc(-c2ccc(N=C=S)cc2)nc1. The van der Waals surface area contributed by atoms with Gasteiger partial charge in [0.05, 0.1) is 10.8 Å². The highest BCUT2D eigenvalue weighted by Crippen LogP contribution is 2.19. The van der Waals surface area contributed by atoms with Crippen molar-refractivity contribution in [2.75, 3.05) is 0 Å². The second kappa shape index (κ2) is 7.63. The second-order valence-corrected chi connectivity index (χ2v) is 4.80. The number of nitrogens with zero attached hydrogens (tertiary/aromatic N) is 3. The third-order valence-electron chi connectivity index (χ3n) is 3.07. The molecular weight excluding hydrogens is 266 g/mol. The lowest BCUT2D eigenvalue weighted by atomic mass is 10.1. The standard InChI is InChI=1S/C16H17N3S/c1-2-3-4-5-13-10-17-16(18-11-13)14-6-8-15(9-7-14)19-12-20/h6-11H,2-5H2,1H3. The van der Waals surface area contributed by atoms with E-state index in [0.717, 1.165) is 23.5 Å². The summed E-state index contributed by atoms with van der Waals surface area (Å²) in [4.78, 5) is 12.8. The summed E-state index contributed by atoms with van der Waals surface area (Å²) >= 11 is 4.58. The molecule has 0 radical (unpaired) electrons. The fraction of sp³-hybridized carbons (Fsp3) is 0.312. The van der Waals surface area contributed by atoms with Crippen LogP contribution in [0.5, 0.6) is 0 Å². The first kappa shape index (κ1) is 14.5. The van der Waals surface area contributed by atoms with Gasteiger partial charge in [-0.25, -0.2) is 9.97 Å². The molecule has 0 fully saturated rings. The Labute approximate surface area is 124 Å². The molecule has 4 heteroatoms. The van der Waals surface area contributed by atoms with Gasteiger partial charge in [-0.3, -0.25) is 0 Å². The Morgan fingerprint density at radius 3 is 2.40 bits per heavy atom. The van der Waals surface area contributed by atoms with Crippen molar-refractivity contribution >= 4 is 23.1 Å². The summed E-state index contributed by atoms with van der Waals surface area (Å²) in [5, 5.41) is 2.35. The van der Waals surface area contributed by atoms with E-state index in [-0.39, 0.29) is 0 Å². The minimum absolute atomic E-state index is 0.738. The molecule has 0 atom stereocenters. The highest BCUT2D eigenvalue weighted by molar-refractivity contribution is 7.78. The molecule has 0 aliphatic carbocycles. The number of aliphatic imine (C=N–C) groups is 1. The fourth-order valence-electron chi connectivity index (χ4n) is 1.95. The van der Waals surface area contributed by atoms with E-state index in [2.05, 4.69) is 39.3 Å². The smallest absolute Gasteiger partial charge is 0.159 e. The van der Waals surface area contributed by atoms with E-state index >= 15 is 0 Å². The average Bonchev–Trinajstić information content (AvgIpc) is 2.49. The van der Waals surface area contributed by atoms with Gasteiger partial charge in [0.2, 0.25) is 0 Å². The number of isothiocyanates is 1. The number of unbranched alkanes of at least 4 members (excludes halogenated alkanes) is 2. The van der Waals surface area contributed by atoms with Crippen LogP contribution >= 0.6 is 12.2 Å². The lowest BCUT2D eigenvalue weighted by Crippen LogP contribution is -1.93. The van der Waals surface area contributed by atoms with Crippen molar-refractivity contribution in [1.29, 1.82) is 0 Å². The van der Waals surface area contributed by atoms with Gasteiger partial charge in [0.25, 0.3) is 0 Å². The molecule has 0 unspecified atom stereocenters. The number of aromatic nitrogens is 2. The molecule has 3 nitrogen and oxygen atoms in total. The molecule has 2 aromatic rings. The predicted octanol–water partition coefficient (Wildman–Crippen LogP) is 4.61. The fourth-order valence-corrected chi connectivity index (χ4v) is 2.06. The predicted molar refractivity (Wildman–Crippen MR) is 85.4 cm³/mol. The van der Waals surface area contributed by atoms with E-state index in [0.29, 0.717) is 0 Å². The normalized spacial score (nSPS) is 10.1. The number of benzene rings is 1. The molecule has 0 aliphatic heterocycles. The lowest BCUT2D eigenvalue weighted by Gasteiger charge is -2.03. The first-order valence-corrected chi connectivity index (χ1v) is 7.23. The molecule has 0 spiro atoms. The first-order chi connectivity index (χ1) is 9.83. The zero-order valence-electron chi connectivity index (χ0n) is 11.5. The molecule has 0 aliphatic rings. The van der Waals surface area contributed by atoms with Gasteiger partial charge in [-0.15, -0.1) is 0 Å². The van der Waals surface area contributed by atoms with Crippen LogP contribution in [0.4, 0.5) is 5.69 Å². The Balaban J connectivity index is 2.07. The Morgan fingerprint density at radius 1 is 1.10 bits per heavy atom. The quantitative estimate of drug-likeness (QED) is 0.441. The summed E-state index contributed by atoms with van der Waals surface area (Å²) in [5.41, 5.74) is 2.97. The summed E-state index contributed by atoms with van der Waals surface area (Å²) < 4.78 is 0. The highest BCUT2D eigenvalue weighted by atomic mass is 32.1. The summed E-state index contributed by atoms with van der Waals surface area (Å²) in [6.45, 7) is 2.21. The Bertz CT molecular complexity index is 584. The number of rotatable bonds is 6. The van der Waals surface area contributed by atoms with Crippen LogP contribution < -0.4 is 0 Å². The third kappa shape index (κ3) is 4.05. The van der Waals surface area contributed by atoms with Crippen LogP contribution in [0.15, 0.2) is 41.7 Å². The maximum atomic E-state index is 4.58. The maximum absolute atomic E-state index is 4.58. The topological polar surface area (TPSA) is 38.1 Å². The summed E-state index contributed by atoms with van der Waals surface area (Å²) in [7, 11) is 0. The van der Waals surface area contributed by atoms with Crippen molar-refractivity contribution in [2.24, 2.45) is 4.99 Å². The van der Waals surface area contributed by atoms with Crippen molar-refractivity contribution in [2.45, 2.75) is 32.6 Å². The monoisotopic (exact) mass is 283 g/mol. The van der Waals surface area contributed by atoms with Crippen molar-refractivity contribution in [1.82, 2.24) is 9.97 Å².